The van der Waals surface area contributed by atoms with Crippen molar-refractivity contribution >= 4 is 5.91 Å². The van der Waals surface area contributed by atoms with E-state index in [2.05, 4.69) is 10.6 Å². The fourth-order valence-electron chi connectivity index (χ4n) is 1.66. The SMILES string of the molecule is O=C(NCC1CCCO1)[C@H]1CCN1. The number of ether oxygens (including phenoxy) is 1. The highest BCUT2D eigenvalue weighted by Gasteiger charge is 2.25. The maximum absolute atomic E-state index is 11.4. The van der Waals surface area contributed by atoms with Crippen LogP contribution in [-0.4, -0.2) is 37.7 Å². The number of amides is 1. The van der Waals surface area contributed by atoms with Gasteiger partial charge in [-0.2, -0.15) is 0 Å². The molecule has 2 saturated heterocycles. The van der Waals surface area contributed by atoms with Crippen molar-refractivity contribution in [3.63, 3.8) is 0 Å². The first-order valence-electron chi connectivity index (χ1n) is 4.99. The minimum atomic E-state index is 0.0569. The standard InChI is InChI=1S/C9H16N2O2/c12-9(8-3-4-10-8)11-6-7-2-1-5-13-7/h7-8,10H,1-6H2,(H,11,12)/t7?,8-/m1/s1. The zero-order valence-electron chi connectivity index (χ0n) is 7.71. The van der Waals surface area contributed by atoms with Crippen LogP contribution in [0, 0.1) is 0 Å². The van der Waals surface area contributed by atoms with E-state index in [0.717, 1.165) is 32.4 Å². The highest BCUT2D eigenvalue weighted by Crippen LogP contribution is 2.10. The predicted molar refractivity (Wildman–Crippen MR) is 48.4 cm³/mol. The van der Waals surface area contributed by atoms with Crippen LogP contribution in [0.2, 0.25) is 0 Å². The minimum absolute atomic E-state index is 0.0569. The lowest BCUT2D eigenvalue weighted by atomic mass is 10.1. The molecule has 2 aliphatic rings. The first-order valence-corrected chi connectivity index (χ1v) is 4.99. The van der Waals surface area contributed by atoms with E-state index in [1.165, 1.54) is 0 Å². The molecule has 0 saturated carbocycles. The van der Waals surface area contributed by atoms with Crippen molar-refractivity contribution in [1.29, 1.82) is 0 Å². The largest absolute Gasteiger partial charge is 0.376 e. The molecule has 0 aromatic carbocycles. The topological polar surface area (TPSA) is 50.4 Å². The summed E-state index contributed by atoms with van der Waals surface area (Å²) in [5.74, 6) is 0.127. The molecule has 4 nitrogen and oxygen atoms in total. The van der Waals surface area contributed by atoms with Gasteiger partial charge in [-0.15, -0.1) is 0 Å². The molecule has 4 heteroatoms. The van der Waals surface area contributed by atoms with Crippen molar-refractivity contribution in [1.82, 2.24) is 10.6 Å². The van der Waals surface area contributed by atoms with Gasteiger partial charge >= 0.3 is 0 Å². The van der Waals surface area contributed by atoms with Crippen LogP contribution >= 0.6 is 0 Å². The summed E-state index contributed by atoms with van der Waals surface area (Å²) in [5.41, 5.74) is 0. The van der Waals surface area contributed by atoms with Crippen LogP contribution in [-0.2, 0) is 9.53 Å². The average Bonchev–Trinajstić information content (AvgIpc) is 2.49. The first kappa shape index (κ1) is 8.97. The van der Waals surface area contributed by atoms with Crippen molar-refractivity contribution in [2.24, 2.45) is 0 Å². The second-order valence-corrected chi connectivity index (χ2v) is 3.68. The maximum Gasteiger partial charge on any atom is 0.237 e. The van der Waals surface area contributed by atoms with Gasteiger partial charge in [-0.3, -0.25) is 4.79 Å². The Kier molecular flexibility index (Phi) is 2.80. The number of hydrogen-bond donors (Lipinski definition) is 2. The molecule has 2 rings (SSSR count). The van der Waals surface area contributed by atoms with Crippen LogP contribution in [0.1, 0.15) is 19.3 Å². The average molecular weight is 184 g/mol. The van der Waals surface area contributed by atoms with Crippen LogP contribution in [0.4, 0.5) is 0 Å². The summed E-state index contributed by atoms with van der Waals surface area (Å²) < 4.78 is 5.40. The Bertz CT molecular complexity index is 186. The summed E-state index contributed by atoms with van der Waals surface area (Å²) in [7, 11) is 0. The molecule has 2 N–H and O–H groups in total. The quantitative estimate of drug-likeness (QED) is 0.630. The summed E-state index contributed by atoms with van der Waals surface area (Å²) in [4.78, 5) is 11.4. The molecule has 2 aliphatic heterocycles. The molecule has 74 valence electrons. The van der Waals surface area contributed by atoms with Gasteiger partial charge in [0.15, 0.2) is 0 Å². The molecule has 0 aromatic heterocycles. The maximum atomic E-state index is 11.4. The molecule has 13 heavy (non-hydrogen) atoms. The lowest BCUT2D eigenvalue weighted by Gasteiger charge is -2.26. The van der Waals surface area contributed by atoms with Gasteiger partial charge in [-0.05, 0) is 25.8 Å². The lowest BCUT2D eigenvalue weighted by Crippen LogP contribution is -2.54. The summed E-state index contributed by atoms with van der Waals surface area (Å²) in [6.45, 7) is 2.50. The molecule has 0 aliphatic carbocycles. The summed E-state index contributed by atoms with van der Waals surface area (Å²) in [6.07, 6.45) is 3.43. The third-order valence-corrected chi connectivity index (χ3v) is 2.67. The van der Waals surface area contributed by atoms with Crippen LogP contribution in [0.25, 0.3) is 0 Å². The van der Waals surface area contributed by atoms with Gasteiger partial charge in [-0.1, -0.05) is 0 Å². The fourth-order valence-corrected chi connectivity index (χ4v) is 1.66. The Labute approximate surface area is 78.0 Å². The van der Waals surface area contributed by atoms with Crippen molar-refractivity contribution in [3.05, 3.63) is 0 Å². The lowest BCUT2D eigenvalue weighted by molar-refractivity contribution is -0.125. The molecule has 1 amide bonds. The smallest absolute Gasteiger partial charge is 0.237 e. The van der Waals surface area contributed by atoms with E-state index >= 15 is 0 Å². The summed E-state index contributed by atoms with van der Waals surface area (Å²) in [6, 6.07) is 0.0569. The Hall–Kier alpha value is -0.610. The number of hydrogen-bond acceptors (Lipinski definition) is 3. The van der Waals surface area contributed by atoms with E-state index in [1.54, 1.807) is 0 Å². The minimum Gasteiger partial charge on any atom is -0.376 e. The zero-order valence-corrected chi connectivity index (χ0v) is 7.71. The third kappa shape index (κ3) is 2.19. The van der Waals surface area contributed by atoms with E-state index < -0.39 is 0 Å². The molecule has 0 radical (unpaired) electrons. The van der Waals surface area contributed by atoms with E-state index in [1.807, 2.05) is 0 Å². The molecule has 2 heterocycles. The molecular weight excluding hydrogens is 168 g/mol. The van der Waals surface area contributed by atoms with Gasteiger partial charge in [-0.25, -0.2) is 0 Å². The van der Waals surface area contributed by atoms with Crippen LogP contribution < -0.4 is 10.6 Å². The van der Waals surface area contributed by atoms with E-state index in [9.17, 15) is 4.79 Å². The molecule has 1 unspecified atom stereocenters. The van der Waals surface area contributed by atoms with Gasteiger partial charge in [0, 0.05) is 13.2 Å². The Morgan fingerprint density at radius 1 is 1.54 bits per heavy atom. The Balaban J connectivity index is 1.63. The Morgan fingerprint density at radius 2 is 2.38 bits per heavy atom. The van der Waals surface area contributed by atoms with E-state index in [4.69, 9.17) is 4.74 Å². The summed E-state index contributed by atoms with van der Waals surface area (Å²) in [5, 5.41) is 5.97. The van der Waals surface area contributed by atoms with Crippen molar-refractivity contribution < 1.29 is 9.53 Å². The number of carbonyl (C=O) groups excluding carboxylic acids is 1. The van der Waals surface area contributed by atoms with Crippen molar-refractivity contribution in [2.45, 2.75) is 31.4 Å². The van der Waals surface area contributed by atoms with E-state index in [-0.39, 0.29) is 18.1 Å². The predicted octanol–water partition coefficient (Wildman–Crippen LogP) is -0.357. The summed E-state index contributed by atoms with van der Waals surface area (Å²) >= 11 is 0. The highest BCUT2D eigenvalue weighted by molar-refractivity contribution is 5.82. The second-order valence-electron chi connectivity index (χ2n) is 3.68. The molecule has 2 fully saturated rings. The van der Waals surface area contributed by atoms with Crippen LogP contribution in [0.5, 0.6) is 0 Å². The van der Waals surface area contributed by atoms with Crippen LogP contribution in [0.3, 0.4) is 0 Å². The van der Waals surface area contributed by atoms with Crippen molar-refractivity contribution in [3.8, 4) is 0 Å². The number of rotatable bonds is 3. The number of nitrogens with one attached hydrogen (secondary N) is 2. The van der Waals surface area contributed by atoms with Crippen molar-refractivity contribution in [2.75, 3.05) is 19.7 Å². The third-order valence-electron chi connectivity index (χ3n) is 2.67. The number of carbonyl (C=O) groups is 1. The second kappa shape index (κ2) is 4.07. The first-order chi connectivity index (χ1) is 6.36. The molecular formula is C9H16N2O2. The van der Waals surface area contributed by atoms with Gasteiger partial charge < -0.3 is 15.4 Å². The normalized spacial score (nSPS) is 32.6. The fraction of sp³-hybridized carbons (Fsp3) is 0.889. The van der Waals surface area contributed by atoms with E-state index in [0.29, 0.717) is 6.54 Å². The monoisotopic (exact) mass is 184 g/mol. The Morgan fingerprint density at radius 3 is 2.92 bits per heavy atom. The highest BCUT2D eigenvalue weighted by atomic mass is 16.5. The molecule has 0 spiro atoms. The van der Waals surface area contributed by atoms with Crippen LogP contribution in [0.15, 0.2) is 0 Å². The zero-order chi connectivity index (χ0) is 9.10. The van der Waals surface area contributed by atoms with Gasteiger partial charge in [0.2, 0.25) is 5.91 Å². The molecule has 2 atom stereocenters. The van der Waals surface area contributed by atoms with Gasteiger partial charge in [0.1, 0.15) is 0 Å². The molecule has 0 aromatic rings. The van der Waals surface area contributed by atoms with Gasteiger partial charge in [0.25, 0.3) is 0 Å². The molecule has 0 bridgehead atoms. The van der Waals surface area contributed by atoms with Gasteiger partial charge in [0.05, 0.1) is 12.1 Å².